The Morgan fingerprint density at radius 2 is 2.25 bits per heavy atom. The SMILES string of the molecule is Cc1nc(/C=C/CCO)[nH]c1C. The highest BCUT2D eigenvalue weighted by atomic mass is 16.2. The second-order valence-electron chi connectivity index (χ2n) is 2.75. The summed E-state index contributed by atoms with van der Waals surface area (Å²) < 4.78 is 0. The van der Waals surface area contributed by atoms with Crippen LogP contribution in [-0.4, -0.2) is 21.7 Å². The van der Waals surface area contributed by atoms with Crippen molar-refractivity contribution in [3.05, 3.63) is 23.3 Å². The summed E-state index contributed by atoms with van der Waals surface area (Å²) in [5.41, 5.74) is 2.12. The van der Waals surface area contributed by atoms with Crippen LogP contribution in [0.2, 0.25) is 0 Å². The van der Waals surface area contributed by atoms with Crippen molar-refractivity contribution in [2.45, 2.75) is 20.3 Å². The van der Waals surface area contributed by atoms with E-state index in [2.05, 4.69) is 9.97 Å². The van der Waals surface area contributed by atoms with Crippen molar-refractivity contribution in [2.24, 2.45) is 0 Å². The topological polar surface area (TPSA) is 48.9 Å². The fraction of sp³-hybridized carbons (Fsp3) is 0.444. The van der Waals surface area contributed by atoms with E-state index < -0.39 is 0 Å². The molecule has 1 heterocycles. The molecule has 1 aromatic rings. The summed E-state index contributed by atoms with van der Waals surface area (Å²) in [7, 11) is 0. The minimum absolute atomic E-state index is 0.190. The van der Waals surface area contributed by atoms with Crippen LogP contribution >= 0.6 is 0 Å². The van der Waals surface area contributed by atoms with Crippen LogP contribution in [0.4, 0.5) is 0 Å². The molecule has 0 bridgehead atoms. The first kappa shape index (κ1) is 9.00. The number of aliphatic hydroxyl groups excluding tert-OH is 1. The van der Waals surface area contributed by atoms with E-state index in [0.29, 0.717) is 6.42 Å². The van der Waals surface area contributed by atoms with E-state index in [1.165, 1.54) is 0 Å². The summed E-state index contributed by atoms with van der Waals surface area (Å²) >= 11 is 0. The maximum absolute atomic E-state index is 8.52. The molecule has 3 heteroatoms. The molecule has 0 saturated heterocycles. The fourth-order valence-electron chi connectivity index (χ4n) is 0.923. The van der Waals surface area contributed by atoms with Crippen LogP contribution in [-0.2, 0) is 0 Å². The summed E-state index contributed by atoms with van der Waals surface area (Å²) in [5.74, 6) is 0.860. The predicted octanol–water partition coefficient (Wildman–Crippen LogP) is 1.42. The third-order valence-corrected chi connectivity index (χ3v) is 1.72. The van der Waals surface area contributed by atoms with Gasteiger partial charge in [0.1, 0.15) is 5.82 Å². The third-order valence-electron chi connectivity index (χ3n) is 1.72. The van der Waals surface area contributed by atoms with Gasteiger partial charge in [-0.2, -0.15) is 0 Å². The molecule has 0 amide bonds. The van der Waals surface area contributed by atoms with Crippen LogP contribution in [0.1, 0.15) is 23.6 Å². The second kappa shape index (κ2) is 4.07. The number of nitrogens with zero attached hydrogens (tertiary/aromatic N) is 1. The van der Waals surface area contributed by atoms with Gasteiger partial charge in [-0.05, 0) is 26.3 Å². The molecule has 0 spiro atoms. The Morgan fingerprint density at radius 3 is 2.75 bits per heavy atom. The van der Waals surface area contributed by atoms with Crippen LogP contribution < -0.4 is 0 Å². The van der Waals surface area contributed by atoms with E-state index in [-0.39, 0.29) is 6.61 Å². The van der Waals surface area contributed by atoms with Gasteiger partial charge in [0.05, 0.1) is 5.69 Å². The summed E-state index contributed by atoms with van der Waals surface area (Å²) in [6.45, 7) is 4.15. The molecular formula is C9H14N2O. The molecule has 0 aliphatic carbocycles. The second-order valence-corrected chi connectivity index (χ2v) is 2.75. The first-order chi connectivity index (χ1) is 5.74. The zero-order chi connectivity index (χ0) is 8.97. The molecule has 0 unspecified atom stereocenters. The number of rotatable bonds is 3. The summed E-state index contributed by atoms with van der Waals surface area (Å²) in [5, 5.41) is 8.52. The number of hydrogen-bond donors (Lipinski definition) is 2. The number of aromatic nitrogens is 2. The van der Waals surface area contributed by atoms with Gasteiger partial charge in [-0.25, -0.2) is 4.98 Å². The van der Waals surface area contributed by atoms with Crippen molar-refractivity contribution in [3.63, 3.8) is 0 Å². The van der Waals surface area contributed by atoms with Crippen molar-refractivity contribution >= 4 is 6.08 Å². The number of aromatic amines is 1. The van der Waals surface area contributed by atoms with Gasteiger partial charge in [0.15, 0.2) is 0 Å². The van der Waals surface area contributed by atoms with Crippen molar-refractivity contribution in [1.82, 2.24) is 9.97 Å². The molecule has 66 valence electrons. The van der Waals surface area contributed by atoms with Crippen LogP contribution in [0.3, 0.4) is 0 Å². The molecule has 0 saturated carbocycles. The molecule has 0 radical (unpaired) electrons. The average molecular weight is 166 g/mol. The molecule has 1 rings (SSSR count). The molecule has 1 aromatic heterocycles. The van der Waals surface area contributed by atoms with E-state index in [1.807, 2.05) is 26.0 Å². The summed E-state index contributed by atoms with van der Waals surface area (Å²) in [6, 6.07) is 0. The standard InChI is InChI=1S/C9H14N2O/c1-7-8(2)11-9(10-7)5-3-4-6-12/h3,5,12H,4,6H2,1-2H3,(H,10,11)/b5-3+. The van der Waals surface area contributed by atoms with Gasteiger partial charge >= 0.3 is 0 Å². The molecule has 0 fully saturated rings. The zero-order valence-electron chi connectivity index (χ0n) is 7.46. The number of aryl methyl sites for hydroxylation is 2. The first-order valence-corrected chi connectivity index (χ1v) is 4.04. The number of hydrogen-bond acceptors (Lipinski definition) is 2. The van der Waals surface area contributed by atoms with Crippen molar-refractivity contribution in [1.29, 1.82) is 0 Å². The number of imidazole rings is 1. The van der Waals surface area contributed by atoms with Crippen molar-refractivity contribution < 1.29 is 5.11 Å². The fourth-order valence-corrected chi connectivity index (χ4v) is 0.923. The highest BCUT2D eigenvalue weighted by Crippen LogP contribution is 2.04. The molecule has 0 atom stereocenters. The molecule has 0 aromatic carbocycles. The highest BCUT2D eigenvalue weighted by molar-refractivity contribution is 5.41. The minimum Gasteiger partial charge on any atom is -0.396 e. The minimum atomic E-state index is 0.190. The Kier molecular flexibility index (Phi) is 3.05. The Balaban J connectivity index is 2.64. The van der Waals surface area contributed by atoms with Gasteiger partial charge in [0, 0.05) is 12.3 Å². The zero-order valence-corrected chi connectivity index (χ0v) is 7.46. The lowest BCUT2D eigenvalue weighted by atomic mass is 10.4. The maximum Gasteiger partial charge on any atom is 0.130 e. The summed E-state index contributed by atoms with van der Waals surface area (Å²) in [6.07, 6.45) is 4.47. The lowest BCUT2D eigenvalue weighted by molar-refractivity contribution is 0.303. The Hall–Kier alpha value is -1.09. The van der Waals surface area contributed by atoms with E-state index in [9.17, 15) is 0 Å². The Bertz CT molecular complexity index is 257. The molecule has 0 aliphatic rings. The van der Waals surface area contributed by atoms with E-state index in [1.54, 1.807) is 0 Å². The quantitative estimate of drug-likeness (QED) is 0.713. The molecule has 3 nitrogen and oxygen atoms in total. The number of nitrogens with one attached hydrogen (secondary N) is 1. The van der Waals surface area contributed by atoms with Gasteiger partial charge in [0.25, 0.3) is 0 Å². The third kappa shape index (κ3) is 2.20. The van der Waals surface area contributed by atoms with Gasteiger partial charge in [-0.1, -0.05) is 6.08 Å². The van der Waals surface area contributed by atoms with Gasteiger partial charge in [0.2, 0.25) is 0 Å². The number of aliphatic hydroxyl groups is 1. The van der Waals surface area contributed by atoms with Crippen LogP contribution in [0.5, 0.6) is 0 Å². The van der Waals surface area contributed by atoms with E-state index in [4.69, 9.17) is 5.11 Å². The van der Waals surface area contributed by atoms with Crippen LogP contribution in [0.25, 0.3) is 6.08 Å². The molecule has 0 aliphatic heterocycles. The molecular weight excluding hydrogens is 152 g/mol. The van der Waals surface area contributed by atoms with Crippen molar-refractivity contribution in [2.75, 3.05) is 6.61 Å². The van der Waals surface area contributed by atoms with Crippen LogP contribution in [0, 0.1) is 13.8 Å². The van der Waals surface area contributed by atoms with Gasteiger partial charge in [-0.3, -0.25) is 0 Å². The lowest BCUT2D eigenvalue weighted by Gasteiger charge is -1.84. The van der Waals surface area contributed by atoms with Crippen molar-refractivity contribution in [3.8, 4) is 0 Å². The van der Waals surface area contributed by atoms with E-state index in [0.717, 1.165) is 17.2 Å². The molecule has 2 N–H and O–H groups in total. The Morgan fingerprint density at radius 1 is 1.50 bits per heavy atom. The normalized spacial score (nSPS) is 11.2. The van der Waals surface area contributed by atoms with Crippen LogP contribution in [0.15, 0.2) is 6.08 Å². The largest absolute Gasteiger partial charge is 0.396 e. The summed E-state index contributed by atoms with van der Waals surface area (Å²) in [4.78, 5) is 7.38. The molecule has 12 heavy (non-hydrogen) atoms. The van der Waals surface area contributed by atoms with Gasteiger partial charge in [-0.15, -0.1) is 0 Å². The lowest BCUT2D eigenvalue weighted by Crippen LogP contribution is -1.78. The Labute approximate surface area is 72.2 Å². The first-order valence-electron chi connectivity index (χ1n) is 4.04. The number of H-pyrrole nitrogens is 1. The maximum atomic E-state index is 8.52. The van der Waals surface area contributed by atoms with Gasteiger partial charge < -0.3 is 10.1 Å². The van der Waals surface area contributed by atoms with E-state index >= 15 is 0 Å². The predicted molar refractivity (Wildman–Crippen MR) is 48.8 cm³/mol. The smallest absolute Gasteiger partial charge is 0.130 e. The average Bonchev–Trinajstić information content (AvgIpc) is 2.32. The monoisotopic (exact) mass is 166 g/mol. The highest BCUT2D eigenvalue weighted by Gasteiger charge is 1.96.